The molecule has 0 fully saturated rings. The summed E-state index contributed by atoms with van der Waals surface area (Å²) in [6.45, 7) is 0. The number of aromatic nitrogens is 1. The number of carbonyl (C=O) groups is 2. The van der Waals surface area contributed by atoms with Gasteiger partial charge in [-0.25, -0.2) is 0 Å². The average molecular weight is 350 g/mol. The highest BCUT2D eigenvalue weighted by Crippen LogP contribution is 2.36. The smallest absolute Gasteiger partial charge is 0.255 e. The number of ketones is 1. The van der Waals surface area contributed by atoms with Crippen LogP contribution in [0.5, 0.6) is 0 Å². The van der Waals surface area contributed by atoms with Crippen molar-refractivity contribution < 1.29 is 9.59 Å². The first-order valence-corrected chi connectivity index (χ1v) is 8.65. The molecule has 128 valence electrons. The summed E-state index contributed by atoms with van der Waals surface area (Å²) in [7, 11) is 0. The average Bonchev–Trinajstić information content (AvgIpc) is 3.00. The van der Waals surface area contributed by atoms with Crippen LogP contribution in [0.1, 0.15) is 26.3 Å². The van der Waals surface area contributed by atoms with E-state index >= 15 is 0 Å². The van der Waals surface area contributed by atoms with Gasteiger partial charge in [0.25, 0.3) is 5.91 Å². The second kappa shape index (κ2) is 5.88. The van der Waals surface area contributed by atoms with E-state index in [9.17, 15) is 9.59 Å². The number of anilines is 1. The lowest BCUT2D eigenvalue weighted by molar-refractivity contribution is 0.102. The molecule has 0 aliphatic heterocycles. The van der Waals surface area contributed by atoms with Gasteiger partial charge in [-0.2, -0.15) is 0 Å². The van der Waals surface area contributed by atoms with Gasteiger partial charge in [0.05, 0.1) is 11.2 Å². The molecule has 4 heteroatoms. The highest BCUT2D eigenvalue weighted by atomic mass is 16.1. The molecule has 0 atom stereocenters. The standard InChI is InChI=1S/C23H14N2O2/c26-22-18-8-2-1-7-16(18)17-11-10-15(13-19(17)22)23(27)25-20-9-3-5-14-6-4-12-24-21(14)20/h1-13H,(H,25,27). The number of pyridine rings is 1. The molecule has 0 radical (unpaired) electrons. The van der Waals surface area contributed by atoms with Crippen molar-refractivity contribution in [1.82, 2.24) is 4.98 Å². The molecule has 0 unspecified atom stereocenters. The quantitative estimate of drug-likeness (QED) is 0.502. The third kappa shape index (κ3) is 2.42. The van der Waals surface area contributed by atoms with E-state index in [0.29, 0.717) is 22.4 Å². The van der Waals surface area contributed by atoms with E-state index in [2.05, 4.69) is 10.3 Å². The Morgan fingerprint density at radius 2 is 1.56 bits per heavy atom. The predicted octanol–water partition coefficient (Wildman–Crippen LogP) is 4.70. The van der Waals surface area contributed by atoms with Gasteiger partial charge in [-0.05, 0) is 35.4 Å². The fourth-order valence-electron chi connectivity index (χ4n) is 3.57. The minimum absolute atomic E-state index is 0.0397. The van der Waals surface area contributed by atoms with Gasteiger partial charge in [-0.15, -0.1) is 0 Å². The van der Waals surface area contributed by atoms with E-state index in [1.165, 1.54) is 0 Å². The van der Waals surface area contributed by atoms with Crippen molar-refractivity contribution >= 4 is 28.3 Å². The molecule has 1 aliphatic rings. The van der Waals surface area contributed by atoms with Gasteiger partial charge < -0.3 is 5.32 Å². The van der Waals surface area contributed by atoms with Crippen LogP contribution >= 0.6 is 0 Å². The van der Waals surface area contributed by atoms with Crippen molar-refractivity contribution in [1.29, 1.82) is 0 Å². The molecule has 1 aliphatic carbocycles. The van der Waals surface area contributed by atoms with Crippen molar-refractivity contribution in [2.75, 3.05) is 5.32 Å². The number of nitrogens with zero attached hydrogens (tertiary/aromatic N) is 1. The van der Waals surface area contributed by atoms with E-state index in [-0.39, 0.29) is 11.7 Å². The second-order valence-electron chi connectivity index (χ2n) is 6.47. The third-order valence-electron chi connectivity index (χ3n) is 4.87. The molecule has 27 heavy (non-hydrogen) atoms. The van der Waals surface area contributed by atoms with Crippen molar-refractivity contribution in [2.24, 2.45) is 0 Å². The van der Waals surface area contributed by atoms with Crippen LogP contribution in [-0.4, -0.2) is 16.7 Å². The molecule has 1 amide bonds. The highest BCUT2D eigenvalue weighted by molar-refractivity contribution is 6.22. The zero-order valence-corrected chi connectivity index (χ0v) is 14.3. The van der Waals surface area contributed by atoms with Gasteiger partial charge in [0.1, 0.15) is 0 Å². The number of para-hydroxylation sites is 1. The summed E-state index contributed by atoms with van der Waals surface area (Å²) in [5.41, 5.74) is 4.87. The minimum Gasteiger partial charge on any atom is -0.320 e. The molecule has 1 N–H and O–H groups in total. The summed E-state index contributed by atoms with van der Waals surface area (Å²) in [5.74, 6) is -0.304. The number of nitrogens with one attached hydrogen (secondary N) is 1. The van der Waals surface area contributed by atoms with Crippen molar-refractivity contribution in [2.45, 2.75) is 0 Å². The van der Waals surface area contributed by atoms with E-state index in [1.807, 2.05) is 60.7 Å². The van der Waals surface area contributed by atoms with Crippen LogP contribution in [0.15, 0.2) is 79.0 Å². The Labute approximate surface area is 155 Å². The Kier molecular flexibility index (Phi) is 3.37. The monoisotopic (exact) mass is 350 g/mol. The van der Waals surface area contributed by atoms with Crippen LogP contribution < -0.4 is 5.32 Å². The van der Waals surface area contributed by atoms with Gasteiger partial charge in [0.2, 0.25) is 0 Å². The number of hydrogen-bond donors (Lipinski definition) is 1. The number of benzene rings is 3. The topological polar surface area (TPSA) is 59.1 Å². The zero-order chi connectivity index (χ0) is 18.4. The van der Waals surface area contributed by atoms with E-state index < -0.39 is 0 Å². The molecule has 0 spiro atoms. The second-order valence-corrected chi connectivity index (χ2v) is 6.47. The number of amides is 1. The SMILES string of the molecule is O=C(Nc1cccc2cccnc12)c1ccc2c(c1)C(=O)c1ccccc1-2. The Bertz CT molecular complexity index is 1240. The van der Waals surface area contributed by atoms with Gasteiger partial charge in [-0.1, -0.05) is 48.5 Å². The lowest BCUT2D eigenvalue weighted by atomic mass is 10.0. The summed E-state index contributed by atoms with van der Waals surface area (Å²) in [4.78, 5) is 29.8. The van der Waals surface area contributed by atoms with Crippen LogP contribution in [0.3, 0.4) is 0 Å². The number of fused-ring (bicyclic) bond motifs is 4. The molecule has 4 nitrogen and oxygen atoms in total. The summed E-state index contributed by atoms with van der Waals surface area (Å²) in [5, 5.41) is 3.87. The maximum atomic E-state index is 12.8. The number of carbonyl (C=O) groups excluding carboxylic acids is 2. The molecular weight excluding hydrogens is 336 g/mol. The van der Waals surface area contributed by atoms with Crippen LogP contribution in [0.25, 0.3) is 22.0 Å². The van der Waals surface area contributed by atoms with Gasteiger partial charge in [-0.3, -0.25) is 14.6 Å². The molecule has 0 saturated carbocycles. The third-order valence-corrected chi connectivity index (χ3v) is 4.87. The molecule has 0 bridgehead atoms. The summed E-state index contributed by atoms with van der Waals surface area (Å²) < 4.78 is 0. The molecule has 1 heterocycles. The summed E-state index contributed by atoms with van der Waals surface area (Å²) in [6, 6.07) is 22.2. The first-order valence-electron chi connectivity index (χ1n) is 8.65. The van der Waals surface area contributed by atoms with E-state index in [4.69, 9.17) is 0 Å². The van der Waals surface area contributed by atoms with Crippen LogP contribution in [0.4, 0.5) is 5.69 Å². The fraction of sp³-hybridized carbons (Fsp3) is 0. The maximum Gasteiger partial charge on any atom is 0.255 e. The van der Waals surface area contributed by atoms with Crippen molar-refractivity contribution in [3.8, 4) is 11.1 Å². The normalized spacial score (nSPS) is 11.9. The Hall–Kier alpha value is -3.79. The van der Waals surface area contributed by atoms with Gasteiger partial charge >= 0.3 is 0 Å². The van der Waals surface area contributed by atoms with Crippen LogP contribution in [0.2, 0.25) is 0 Å². The molecule has 0 saturated heterocycles. The maximum absolute atomic E-state index is 12.8. The minimum atomic E-state index is -0.264. The molecule has 3 aromatic carbocycles. The first kappa shape index (κ1) is 15.5. The van der Waals surface area contributed by atoms with Gasteiger partial charge in [0, 0.05) is 28.3 Å². The molecule has 4 aromatic rings. The first-order chi connectivity index (χ1) is 13.2. The van der Waals surface area contributed by atoms with Gasteiger partial charge in [0.15, 0.2) is 5.78 Å². The lowest BCUT2D eigenvalue weighted by Crippen LogP contribution is -2.13. The Morgan fingerprint density at radius 1 is 0.778 bits per heavy atom. The Balaban J connectivity index is 1.51. The van der Waals surface area contributed by atoms with Crippen LogP contribution in [-0.2, 0) is 0 Å². The zero-order valence-electron chi connectivity index (χ0n) is 14.3. The lowest BCUT2D eigenvalue weighted by Gasteiger charge is -2.09. The van der Waals surface area contributed by atoms with E-state index in [1.54, 1.807) is 18.3 Å². The van der Waals surface area contributed by atoms with E-state index in [0.717, 1.165) is 22.0 Å². The molecule has 1 aromatic heterocycles. The van der Waals surface area contributed by atoms with Crippen molar-refractivity contribution in [3.63, 3.8) is 0 Å². The number of rotatable bonds is 2. The molecule has 5 rings (SSSR count). The largest absolute Gasteiger partial charge is 0.320 e. The summed E-state index contributed by atoms with van der Waals surface area (Å²) in [6.07, 6.45) is 1.70. The predicted molar refractivity (Wildman–Crippen MR) is 105 cm³/mol. The Morgan fingerprint density at radius 3 is 2.44 bits per heavy atom. The van der Waals surface area contributed by atoms with Crippen LogP contribution in [0, 0.1) is 0 Å². The molecular formula is C23H14N2O2. The summed E-state index contributed by atoms with van der Waals surface area (Å²) >= 11 is 0. The van der Waals surface area contributed by atoms with Crippen molar-refractivity contribution in [3.05, 3.63) is 95.7 Å². The number of hydrogen-bond acceptors (Lipinski definition) is 3. The fourth-order valence-corrected chi connectivity index (χ4v) is 3.57. The highest BCUT2D eigenvalue weighted by Gasteiger charge is 2.27.